The molecule has 2 bridgehead atoms. The molecular weight excluding hydrogens is 202 g/mol. The summed E-state index contributed by atoms with van der Waals surface area (Å²) in [7, 11) is 0. The summed E-state index contributed by atoms with van der Waals surface area (Å²) in [6, 6.07) is 0.189. The van der Waals surface area contributed by atoms with Gasteiger partial charge in [-0.15, -0.1) is 11.6 Å². The Morgan fingerprint density at radius 2 is 2.14 bits per heavy atom. The SMILES string of the molecule is O=C(CCl)NC1CCC2CCC1OC2. The second kappa shape index (κ2) is 4.49. The molecule has 2 heterocycles. The van der Waals surface area contributed by atoms with E-state index in [0.29, 0.717) is 5.92 Å². The van der Waals surface area contributed by atoms with E-state index < -0.39 is 0 Å². The van der Waals surface area contributed by atoms with Crippen molar-refractivity contribution < 1.29 is 9.53 Å². The van der Waals surface area contributed by atoms with E-state index in [-0.39, 0.29) is 23.9 Å². The standard InChI is InChI=1S/C10H16ClNO2/c11-5-10(13)12-8-3-1-7-2-4-9(8)14-6-7/h7-9H,1-6H2,(H,12,13). The van der Waals surface area contributed by atoms with E-state index in [1.54, 1.807) is 0 Å². The second-order valence-electron chi connectivity index (χ2n) is 4.20. The van der Waals surface area contributed by atoms with Crippen molar-refractivity contribution in [3.8, 4) is 0 Å². The number of hydrogen-bond acceptors (Lipinski definition) is 2. The summed E-state index contributed by atoms with van der Waals surface area (Å²) in [6.45, 7) is 0.873. The Morgan fingerprint density at radius 3 is 2.79 bits per heavy atom. The maximum atomic E-state index is 11.2. The van der Waals surface area contributed by atoms with Crippen molar-refractivity contribution in [1.82, 2.24) is 5.32 Å². The predicted molar refractivity (Wildman–Crippen MR) is 54.3 cm³/mol. The van der Waals surface area contributed by atoms with Gasteiger partial charge < -0.3 is 10.1 Å². The molecule has 3 aliphatic rings. The largest absolute Gasteiger partial charge is 0.376 e. The highest BCUT2D eigenvalue weighted by molar-refractivity contribution is 6.27. The molecule has 3 atom stereocenters. The lowest BCUT2D eigenvalue weighted by molar-refractivity contribution is -0.120. The number of fused-ring (bicyclic) bond motifs is 4. The summed E-state index contributed by atoms with van der Waals surface area (Å²) in [5, 5.41) is 2.94. The molecule has 0 aromatic heterocycles. The molecule has 1 amide bonds. The maximum Gasteiger partial charge on any atom is 0.235 e. The lowest BCUT2D eigenvalue weighted by Gasteiger charge is -2.28. The van der Waals surface area contributed by atoms with Crippen LogP contribution in [0.25, 0.3) is 0 Å². The fourth-order valence-corrected chi connectivity index (χ4v) is 2.46. The number of ether oxygens (including phenoxy) is 1. The lowest BCUT2D eigenvalue weighted by atomic mass is 10.00. The minimum absolute atomic E-state index is 0.0483. The molecule has 3 rings (SSSR count). The lowest BCUT2D eigenvalue weighted by Crippen LogP contribution is -2.44. The molecule has 0 radical (unpaired) electrons. The first-order chi connectivity index (χ1) is 6.79. The van der Waals surface area contributed by atoms with Gasteiger partial charge in [0.15, 0.2) is 0 Å². The van der Waals surface area contributed by atoms with Gasteiger partial charge in [0.1, 0.15) is 5.88 Å². The van der Waals surface area contributed by atoms with Crippen molar-refractivity contribution in [2.75, 3.05) is 12.5 Å². The van der Waals surface area contributed by atoms with Crippen LogP contribution in [0.1, 0.15) is 25.7 Å². The van der Waals surface area contributed by atoms with E-state index in [0.717, 1.165) is 19.4 Å². The number of halogens is 1. The number of hydrogen-bond donors (Lipinski definition) is 1. The highest BCUT2D eigenvalue weighted by Gasteiger charge is 2.33. The van der Waals surface area contributed by atoms with Gasteiger partial charge in [0.05, 0.1) is 12.1 Å². The van der Waals surface area contributed by atoms with Crippen molar-refractivity contribution in [3.05, 3.63) is 0 Å². The predicted octanol–water partition coefficient (Wildman–Crippen LogP) is 1.30. The third kappa shape index (κ3) is 2.20. The molecule has 0 aromatic carbocycles. The highest BCUT2D eigenvalue weighted by atomic mass is 35.5. The van der Waals surface area contributed by atoms with Crippen molar-refractivity contribution in [2.24, 2.45) is 5.92 Å². The molecular formula is C10H16ClNO2. The first kappa shape index (κ1) is 10.2. The molecule has 3 nitrogen and oxygen atoms in total. The number of nitrogens with one attached hydrogen (secondary N) is 1. The quantitative estimate of drug-likeness (QED) is 0.709. The second-order valence-corrected chi connectivity index (χ2v) is 4.47. The number of carbonyl (C=O) groups is 1. The molecule has 2 saturated heterocycles. The molecule has 0 aromatic rings. The van der Waals surface area contributed by atoms with Crippen molar-refractivity contribution in [1.29, 1.82) is 0 Å². The molecule has 4 heteroatoms. The Labute approximate surface area is 89.1 Å². The van der Waals surface area contributed by atoms with Gasteiger partial charge in [-0.1, -0.05) is 0 Å². The van der Waals surface area contributed by atoms with Crippen LogP contribution in [0.4, 0.5) is 0 Å². The molecule has 0 spiro atoms. The van der Waals surface area contributed by atoms with Gasteiger partial charge in [-0.25, -0.2) is 0 Å². The number of carbonyl (C=O) groups excluding carboxylic acids is 1. The zero-order valence-electron chi connectivity index (χ0n) is 8.17. The molecule has 3 unspecified atom stereocenters. The van der Waals surface area contributed by atoms with E-state index in [2.05, 4.69) is 5.32 Å². The molecule has 1 saturated carbocycles. The average molecular weight is 218 g/mol. The van der Waals surface area contributed by atoms with E-state index >= 15 is 0 Å². The van der Waals surface area contributed by atoms with Crippen molar-refractivity contribution in [3.63, 3.8) is 0 Å². The first-order valence-electron chi connectivity index (χ1n) is 5.26. The Hall–Kier alpha value is -0.280. The number of alkyl halides is 1. The monoisotopic (exact) mass is 217 g/mol. The summed E-state index contributed by atoms with van der Waals surface area (Å²) in [4.78, 5) is 11.2. The summed E-state index contributed by atoms with van der Waals surface area (Å²) in [5.41, 5.74) is 0. The van der Waals surface area contributed by atoms with Gasteiger partial charge in [-0.05, 0) is 31.6 Å². The Bertz CT molecular complexity index is 214. The summed E-state index contributed by atoms with van der Waals surface area (Å²) < 4.78 is 5.70. The van der Waals surface area contributed by atoms with Gasteiger partial charge in [0.2, 0.25) is 5.91 Å². The van der Waals surface area contributed by atoms with Crippen LogP contribution in [0, 0.1) is 5.92 Å². The molecule has 2 aliphatic heterocycles. The molecule has 1 aliphatic carbocycles. The van der Waals surface area contributed by atoms with Gasteiger partial charge >= 0.3 is 0 Å². The Kier molecular flexibility index (Phi) is 3.29. The van der Waals surface area contributed by atoms with Crippen LogP contribution in [0.2, 0.25) is 0 Å². The smallest absolute Gasteiger partial charge is 0.235 e. The molecule has 1 N–H and O–H groups in total. The fourth-order valence-electron chi connectivity index (χ4n) is 2.38. The Morgan fingerprint density at radius 1 is 1.36 bits per heavy atom. The van der Waals surface area contributed by atoms with E-state index in [1.807, 2.05) is 0 Å². The third-order valence-corrected chi connectivity index (χ3v) is 3.45. The van der Waals surface area contributed by atoms with Crippen LogP contribution < -0.4 is 5.32 Å². The number of amides is 1. The van der Waals surface area contributed by atoms with Crippen molar-refractivity contribution >= 4 is 17.5 Å². The van der Waals surface area contributed by atoms with Gasteiger partial charge in [-0.3, -0.25) is 4.79 Å². The zero-order chi connectivity index (χ0) is 9.97. The summed E-state index contributed by atoms with van der Waals surface area (Å²) in [6.07, 6.45) is 4.76. The van der Waals surface area contributed by atoms with Crippen LogP contribution >= 0.6 is 11.6 Å². The minimum atomic E-state index is -0.0781. The summed E-state index contributed by atoms with van der Waals surface area (Å²) >= 11 is 5.46. The van der Waals surface area contributed by atoms with E-state index in [9.17, 15) is 4.79 Å². The van der Waals surface area contributed by atoms with Crippen LogP contribution in [0.3, 0.4) is 0 Å². The average Bonchev–Trinajstić information content (AvgIpc) is 2.52. The van der Waals surface area contributed by atoms with Crippen LogP contribution in [-0.4, -0.2) is 30.5 Å². The van der Waals surface area contributed by atoms with E-state index in [4.69, 9.17) is 16.3 Å². The highest BCUT2D eigenvalue weighted by Crippen LogP contribution is 2.31. The molecule has 80 valence electrons. The van der Waals surface area contributed by atoms with Gasteiger partial charge in [0.25, 0.3) is 0 Å². The zero-order valence-corrected chi connectivity index (χ0v) is 8.93. The topological polar surface area (TPSA) is 38.3 Å². The number of rotatable bonds is 2. The van der Waals surface area contributed by atoms with Gasteiger partial charge in [0, 0.05) is 6.61 Å². The van der Waals surface area contributed by atoms with Gasteiger partial charge in [-0.2, -0.15) is 0 Å². The first-order valence-corrected chi connectivity index (χ1v) is 5.80. The maximum absolute atomic E-state index is 11.2. The summed E-state index contributed by atoms with van der Waals surface area (Å²) in [5.74, 6) is 0.682. The molecule has 14 heavy (non-hydrogen) atoms. The normalized spacial score (nSPS) is 36.5. The Balaban J connectivity index is 1.94. The van der Waals surface area contributed by atoms with E-state index in [1.165, 1.54) is 12.8 Å². The minimum Gasteiger partial charge on any atom is -0.376 e. The van der Waals surface area contributed by atoms with Crippen LogP contribution in [0.15, 0.2) is 0 Å². The molecule has 3 fully saturated rings. The third-order valence-electron chi connectivity index (χ3n) is 3.21. The van der Waals surface area contributed by atoms with Crippen LogP contribution in [-0.2, 0) is 9.53 Å². The van der Waals surface area contributed by atoms with Crippen molar-refractivity contribution in [2.45, 2.75) is 37.8 Å². The van der Waals surface area contributed by atoms with Crippen LogP contribution in [0.5, 0.6) is 0 Å². The fraction of sp³-hybridized carbons (Fsp3) is 0.900.